The highest BCUT2D eigenvalue weighted by Crippen LogP contribution is 2.27. The monoisotopic (exact) mass is 468 g/mol. The Morgan fingerprint density at radius 3 is 2.19 bits per heavy atom. The molecule has 0 saturated heterocycles. The van der Waals surface area contributed by atoms with E-state index in [0.717, 1.165) is 49.5 Å². The van der Waals surface area contributed by atoms with Gasteiger partial charge < -0.3 is 4.57 Å². The molecule has 5 nitrogen and oxygen atoms in total. The van der Waals surface area contributed by atoms with E-state index < -0.39 is 0 Å². The molecule has 0 atom stereocenters. The number of fused-ring (bicyclic) bond motifs is 3. The van der Waals surface area contributed by atoms with E-state index in [1.54, 1.807) is 6.21 Å². The van der Waals surface area contributed by atoms with Crippen LogP contribution in [0.4, 0.5) is 0 Å². The third kappa shape index (κ3) is 4.23. The number of imidazole rings is 1. The zero-order valence-electron chi connectivity index (χ0n) is 19.6. The average Bonchev–Trinajstić information content (AvgIpc) is 3.25. The van der Waals surface area contributed by atoms with Crippen LogP contribution >= 0.6 is 0 Å². The summed E-state index contributed by atoms with van der Waals surface area (Å²) < 4.78 is 1.97. The topological polar surface area (TPSA) is 59.3 Å². The summed E-state index contributed by atoms with van der Waals surface area (Å²) in [6, 6.07) is 36.7. The van der Waals surface area contributed by atoms with Gasteiger partial charge in [0.2, 0.25) is 0 Å². The summed E-state index contributed by atoms with van der Waals surface area (Å²) in [5.41, 5.74) is 6.68. The van der Waals surface area contributed by atoms with Crippen LogP contribution in [-0.2, 0) is 17.8 Å². The number of benzene rings is 5. The molecule has 174 valence electrons. The van der Waals surface area contributed by atoms with Crippen molar-refractivity contribution in [1.82, 2.24) is 15.0 Å². The van der Waals surface area contributed by atoms with Crippen LogP contribution in [-0.4, -0.2) is 21.7 Å². The van der Waals surface area contributed by atoms with Crippen LogP contribution in [0.15, 0.2) is 114 Å². The summed E-state index contributed by atoms with van der Waals surface area (Å²) in [7, 11) is 0. The van der Waals surface area contributed by atoms with Gasteiger partial charge in [-0.05, 0) is 45.3 Å². The predicted molar refractivity (Wildman–Crippen MR) is 146 cm³/mol. The highest BCUT2D eigenvalue weighted by atomic mass is 16.2. The van der Waals surface area contributed by atoms with E-state index in [1.807, 2.05) is 71.3 Å². The van der Waals surface area contributed by atoms with Gasteiger partial charge >= 0.3 is 0 Å². The lowest BCUT2D eigenvalue weighted by molar-refractivity contribution is -0.121. The molecule has 6 rings (SSSR count). The molecule has 0 bridgehead atoms. The summed E-state index contributed by atoms with van der Waals surface area (Å²) in [5, 5.41) is 8.83. The van der Waals surface area contributed by atoms with Gasteiger partial charge in [-0.3, -0.25) is 4.79 Å². The molecule has 1 amide bonds. The molecule has 5 aromatic carbocycles. The Labute approximate surface area is 208 Å². The molecule has 0 fully saturated rings. The highest BCUT2D eigenvalue weighted by Gasteiger charge is 2.14. The second kappa shape index (κ2) is 9.47. The maximum atomic E-state index is 13.0. The number of carbonyl (C=O) groups is 1. The number of hydrazone groups is 1. The van der Waals surface area contributed by atoms with Gasteiger partial charge in [0.05, 0.1) is 17.2 Å². The van der Waals surface area contributed by atoms with Gasteiger partial charge in [0.1, 0.15) is 12.4 Å². The fourth-order valence-electron chi connectivity index (χ4n) is 4.75. The largest absolute Gasteiger partial charge is 0.318 e. The molecule has 5 heteroatoms. The summed E-state index contributed by atoms with van der Waals surface area (Å²) in [4.78, 5) is 17.8. The molecular weight excluding hydrogens is 444 g/mol. The normalized spacial score (nSPS) is 11.6. The second-order valence-electron chi connectivity index (χ2n) is 8.79. The molecular formula is C31H24N4O. The number of hydrogen-bond acceptors (Lipinski definition) is 3. The maximum Gasteiger partial charge on any atom is 0.260 e. The maximum absolute atomic E-state index is 13.0. The zero-order chi connectivity index (χ0) is 24.3. The number of amides is 1. The second-order valence-corrected chi connectivity index (χ2v) is 8.79. The van der Waals surface area contributed by atoms with Crippen LogP contribution in [0.2, 0.25) is 0 Å². The molecule has 0 spiro atoms. The predicted octanol–water partition coefficient (Wildman–Crippen LogP) is 6.08. The number of para-hydroxylation sites is 2. The van der Waals surface area contributed by atoms with Crippen molar-refractivity contribution in [1.29, 1.82) is 0 Å². The van der Waals surface area contributed by atoms with Crippen LogP contribution < -0.4 is 5.43 Å². The van der Waals surface area contributed by atoms with Crippen LogP contribution in [0.1, 0.15) is 17.0 Å². The van der Waals surface area contributed by atoms with Crippen LogP contribution in [0.25, 0.3) is 32.6 Å². The Morgan fingerprint density at radius 2 is 1.44 bits per heavy atom. The van der Waals surface area contributed by atoms with Crippen molar-refractivity contribution in [3.8, 4) is 0 Å². The van der Waals surface area contributed by atoms with Crippen molar-refractivity contribution in [2.45, 2.75) is 13.0 Å². The van der Waals surface area contributed by atoms with Crippen molar-refractivity contribution in [2.75, 3.05) is 0 Å². The van der Waals surface area contributed by atoms with Crippen molar-refractivity contribution in [2.24, 2.45) is 5.10 Å². The van der Waals surface area contributed by atoms with Crippen LogP contribution in [0, 0.1) is 0 Å². The Bertz CT molecular complexity index is 1680. The molecule has 0 aliphatic rings. The minimum atomic E-state index is -0.201. The van der Waals surface area contributed by atoms with Crippen molar-refractivity contribution in [3.05, 3.63) is 126 Å². The minimum Gasteiger partial charge on any atom is -0.318 e. The zero-order valence-corrected chi connectivity index (χ0v) is 19.6. The SMILES string of the molecule is O=C(Cn1c(Cc2ccccc2)nc2ccccc21)NN=Cc1c2ccccc2cc2ccccc12. The number of rotatable bonds is 6. The standard InChI is InChI=1S/C31H24N4O/c36-31(21-35-29-17-9-8-16-28(29)33-30(35)18-22-10-2-1-3-11-22)34-32-20-27-25-14-6-4-12-23(25)19-24-13-5-7-15-26(24)27/h1-17,19-20H,18,21H2,(H,34,36). The summed E-state index contributed by atoms with van der Waals surface area (Å²) in [5.74, 6) is 0.648. The van der Waals surface area contributed by atoms with E-state index >= 15 is 0 Å². The van der Waals surface area contributed by atoms with Crippen LogP contribution in [0.5, 0.6) is 0 Å². The molecule has 1 N–H and O–H groups in total. The molecule has 1 heterocycles. The first kappa shape index (κ1) is 21.7. The first-order valence-corrected chi connectivity index (χ1v) is 12.0. The first-order valence-electron chi connectivity index (χ1n) is 12.0. The van der Waals surface area contributed by atoms with Gasteiger partial charge in [-0.25, -0.2) is 10.4 Å². The summed E-state index contributed by atoms with van der Waals surface area (Å²) >= 11 is 0. The van der Waals surface area contributed by atoms with Crippen LogP contribution in [0.3, 0.4) is 0 Å². The summed E-state index contributed by atoms with van der Waals surface area (Å²) in [6.45, 7) is 0.135. The van der Waals surface area contributed by atoms with Gasteiger partial charge in [-0.2, -0.15) is 5.10 Å². The lowest BCUT2D eigenvalue weighted by Gasteiger charge is -2.09. The van der Waals surface area contributed by atoms with Crippen molar-refractivity contribution >= 4 is 44.7 Å². The molecule has 1 aromatic heterocycles. The number of aromatic nitrogens is 2. The number of nitrogens with zero attached hydrogens (tertiary/aromatic N) is 3. The Balaban J connectivity index is 1.28. The van der Waals surface area contributed by atoms with Gasteiger partial charge in [-0.1, -0.05) is 91.0 Å². The Kier molecular flexibility index (Phi) is 5.72. The smallest absolute Gasteiger partial charge is 0.260 e. The molecule has 0 aliphatic carbocycles. The fourth-order valence-corrected chi connectivity index (χ4v) is 4.75. The summed E-state index contributed by atoms with van der Waals surface area (Å²) in [6.07, 6.45) is 2.40. The van der Waals surface area contributed by atoms with E-state index in [9.17, 15) is 4.79 Å². The van der Waals surface area contributed by atoms with E-state index in [-0.39, 0.29) is 12.5 Å². The molecule has 0 aliphatic heterocycles. The van der Waals surface area contributed by atoms with Crippen molar-refractivity contribution < 1.29 is 4.79 Å². The van der Waals surface area contributed by atoms with Gasteiger partial charge in [0.25, 0.3) is 5.91 Å². The highest BCUT2D eigenvalue weighted by molar-refractivity contribution is 6.13. The van der Waals surface area contributed by atoms with Gasteiger partial charge in [0.15, 0.2) is 0 Å². The number of nitrogens with one attached hydrogen (secondary N) is 1. The quantitative estimate of drug-likeness (QED) is 0.183. The lowest BCUT2D eigenvalue weighted by Crippen LogP contribution is -2.24. The van der Waals surface area contributed by atoms with E-state index in [2.05, 4.69) is 53.0 Å². The Hall–Kier alpha value is -4.77. The molecule has 0 unspecified atom stereocenters. The molecule has 0 radical (unpaired) electrons. The molecule has 6 aromatic rings. The third-order valence-electron chi connectivity index (χ3n) is 6.44. The fraction of sp³-hybridized carbons (Fsp3) is 0.0645. The van der Waals surface area contributed by atoms with E-state index in [4.69, 9.17) is 4.98 Å². The average molecular weight is 469 g/mol. The first-order chi connectivity index (χ1) is 17.8. The molecule has 0 saturated carbocycles. The van der Waals surface area contributed by atoms with E-state index in [1.165, 1.54) is 0 Å². The minimum absolute atomic E-state index is 0.135. The number of carbonyl (C=O) groups excluding carboxylic acids is 1. The van der Waals surface area contributed by atoms with Gasteiger partial charge in [-0.15, -0.1) is 0 Å². The lowest BCUT2D eigenvalue weighted by atomic mass is 9.97. The number of hydrogen-bond donors (Lipinski definition) is 1. The third-order valence-corrected chi connectivity index (χ3v) is 6.44. The van der Waals surface area contributed by atoms with Gasteiger partial charge in [0, 0.05) is 12.0 Å². The van der Waals surface area contributed by atoms with Crippen molar-refractivity contribution in [3.63, 3.8) is 0 Å². The Morgan fingerprint density at radius 1 is 0.806 bits per heavy atom. The van der Waals surface area contributed by atoms with E-state index in [0.29, 0.717) is 6.42 Å². The molecule has 36 heavy (non-hydrogen) atoms.